The van der Waals surface area contributed by atoms with Crippen LogP contribution >= 0.6 is 0 Å². The summed E-state index contributed by atoms with van der Waals surface area (Å²) in [6, 6.07) is 0. The molecular weight excluding hydrogens is 112 g/mol. The summed E-state index contributed by atoms with van der Waals surface area (Å²) in [5, 5.41) is 9.35. The predicted molar refractivity (Wildman–Crippen MR) is 36.0 cm³/mol. The van der Waals surface area contributed by atoms with E-state index in [1.807, 2.05) is 0 Å². The standard InChI is InChI=1S/C8H12O/c9-8-5-6-1-3-7(8)4-2-6/h1,3,6-9H,2,4-5H2. The van der Waals surface area contributed by atoms with Crippen LogP contribution in [0.5, 0.6) is 0 Å². The summed E-state index contributed by atoms with van der Waals surface area (Å²) in [5.41, 5.74) is 0. The Labute approximate surface area is 55.4 Å². The van der Waals surface area contributed by atoms with Gasteiger partial charge in [0.05, 0.1) is 6.10 Å². The van der Waals surface area contributed by atoms with Gasteiger partial charge < -0.3 is 5.11 Å². The second kappa shape index (κ2) is 1.84. The van der Waals surface area contributed by atoms with Gasteiger partial charge in [-0.3, -0.25) is 0 Å². The first kappa shape index (κ1) is 5.48. The van der Waals surface area contributed by atoms with E-state index >= 15 is 0 Å². The van der Waals surface area contributed by atoms with Crippen LogP contribution in [0.15, 0.2) is 12.2 Å². The van der Waals surface area contributed by atoms with E-state index in [0.717, 1.165) is 6.42 Å². The quantitative estimate of drug-likeness (QED) is 0.483. The Morgan fingerprint density at radius 2 is 2.11 bits per heavy atom. The van der Waals surface area contributed by atoms with Gasteiger partial charge in [-0.05, 0) is 25.2 Å². The molecule has 0 aromatic rings. The first-order valence-corrected chi connectivity index (χ1v) is 3.72. The predicted octanol–water partition coefficient (Wildman–Crippen LogP) is 1.33. The second-order valence-corrected chi connectivity index (χ2v) is 3.19. The van der Waals surface area contributed by atoms with Crippen molar-refractivity contribution in [1.29, 1.82) is 0 Å². The van der Waals surface area contributed by atoms with Gasteiger partial charge in [0.15, 0.2) is 0 Å². The molecular formula is C8H12O. The summed E-state index contributed by atoms with van der Waals surface area (Å²) in [6.45, 7) is 0. The summed E-state index contributed by atoms with van der Waals surface area (Å²) in [6.07, 6.45) is 7.96. The molecule has 0 heterocycles. The van der Waals surface area contributed by atoms with E-state index in [4.69, 9.17) is 0 Å². The third-order valence-electron chi connectivity index (χ3n) is 2.54. The average Bonchev–Trinajstić information content (AvgIpc) is 1.90. The van der Waals surface area contributed by atoms with Gasteiger partial charge in [0.2, 0.25) is 0 Å². The second-order valence-electron chi connectivity index (χ2n) is 3.19. The van der Waals surface area contributed by atoms with Gasteiger partial charge in [0, 0.05) is 5.92 Å². The van der Waals surface area contributed by atoms with Crippen LogP contribution < -0.4 is 0 Å². The Kier molecular flexibility index (Phi) is 1.12. The van der Waals surface area contributed by atoms with Gasteiger partial charge >= 0.3 is 0 Å². The number of aliphatic hydroxyl groups is 1. The topological polar surface area (TPSA) is 20.2 Å². The monoisotopic (exact) mass is 124 g/mol. The molecule has 1 N–H and O–H groups in total. The van der Waals surface area contributed by atoms with E-state index in [0.29, 0.717) is 11.8 Å². The molecule has 0 aromatic heterocycles. The molecule has 3 atom stereocenters. The highest BCUT2D eigenvalue weighted by molar-refractivity contribution is 5.06. The molecule has 3 aliphatic carbocycles. The molecule has 2 bridgehead atoms. The Bertz CT molecular complexity index is 140. The highest BCUT2D eigenvalue weighted by atomic mass is 16.3. The fourth-order valence-electron chi connectivity index (χ4n) is 1.90. The molecule has 3 aliphatic rings. The maximum absolute atomic E-state index is 9.35. The zero-order valence-corrected chi connectivity index (χ0v) is 5.46. The molecule has 0 amide bonds. The summed E-state index contributed by atoms with van der Waals surface area (Å²) in [5.74, 6) is 1.19. The number of hydrogen-bond donors (Lipinski definition) is 1. The van der Waals surface area contributed by atoms with Crippen LogP contribution in [0.3, 0.4) is 0 Å². The molecule has 9 heavy (non-hydrogen) atoms. The molecule has 0 aromatic carbocycles. The summed E-state index contributed by atoms with van der Waals surface area (Å²) in [4.78, 5) is 0. The van der Waals surface area contributed by atoms with Gasteiger partial charge in [-0.15, -0.1) is 0 Å². The van der Waals surface area contributed by atoms with Crippen LogP contribution in [0.2, 0.25) is 0 Å². The smallest absolute Gasteiger partial charge is 0.0608 e. The number of rotatable bonds is 0. The lowest BCUT2D eigenvalue weighted by molar-refractivity contribution is 0.0667. The minimum absolute atomic E-state index is 0.0197. The largest absolute Gasteiger partial charge is 0.392 e. The fourth-order valence-corrected chi connectivity index (χ4v) is 1.90. The number of aliphatic hydroxyl groups excluding tert-OH is 1. The Hall–Kier alpha value is -0.300. The van der Waals surface area contributed by atoms with E-state index in [-0.39, 0.29) is 6.10 Å². The van der Waals surface area contributed by atoms with Crippen LogP contribution in [0, 0.1) is 11.8 Å². The lowest BCUT2D eigenvalue weighted by Gasteiger charge is -2.34. The van der Waals surface area contributed by atoms with E-state index in [2.05, 4.69) is 12.2 Å². The molecule has 3 unspecified atom stereocenters. The van der Waals surface area contributed by atoms with Crippen LogP contribution in [-0.2, 0) is 0 Å². The summed E-state index contributed by atoms with van der Waals surface area (Å²) < 4.78 is 0. The fraction of sp³-hybridized carbons (Fsp3) is 0.750. The number of allylic oxidation sites excluding steroid dienone is 1. The molecule has 1 heteroatoms. The van der Waals surface area contributed by atoms with Gasteiger partial charge in [0.1, 0.15) is 0 Å². The lowest BCUT2D eigenvalue weighted by atomic mass is 9.74. The maximum atomic E-state index is 9.35. The van der Waals surface area contributed by atoms with Gasteiger partial charge in [-0.2, -0.15) is 0 Å². The van der Waals surface area contributed by atoms with Crippen molar-refractivity contribution in [2.45, 2.75) is 25.4 Å². The molecule has 0 radical (unpaired) electrons. The minimum atomic E-state index is -0.0197. The molecule has 0 saturated heterocycles. The highest BCUT2D eigenvalue weighted by Crippen LogP contribution is 2.35. The van der Waals surface area contributed by atoms with Crippen LogP contribution in [0.4, 0.5) is 0 Å². The zero-order valence-electron chi connectivity index (χ0n) is 5.46. The van der Waals surface area contributed by atoms with Crippen molar-refractivity contribution in [2.24, 2.45) is 11.8 Å². The average molecular weight is 124 g/mol. The van der Waals surface area contributed by atoms with Crippen molar-refractivity contribution < 1.29 is 5.11 Å². The van der Waals surface area contributed by atoms with E-state index in [1.54, 1.807) is 0 Å². The molecule has 0 spiro atoms. The van der Waals surface area contributed by atoms with Crippen molar-refractivity contribution >= 4 is 0 Å². The van der Waals surface area contributed by atoms with Gasteiger partial charge in [-0.25, -0.2) is 0 Å². The minimum Gasteiger partial charge on any atom is -0.392 e. The Morgan fingerprint density at radius 1 is 1.22 bits per heavy atom. The summed E-state index contributed by atoms with van der Waals surface area (Å²) in [7, 11) is 0. The molecule has 1 nitrogen and oxygen atoms in total. The SMILES string of the molecule is OC1CC2C=CC1CC2. The van der Waals surface area contributed by atoms with Crippen molar-refractivity contribution in [3.05, 3.63) is 12.2 Å². The number of hydrogen-bond acceptors (Lipinski definition) is 1. The van der Waals surface area contributed by atoms with Crippen LogP contribution in [0.25, 0.3) is 0 Å². The van der Waals surface area contributed by atoms with Crippen LogP contribution in [0.1, 0.15) is 19.3 Å². The zero-order chi connectivity index (χ0) is 6.27. The van der Waals surface area contributed by atoms with Crippen molar-refractivity contribution in [1.82, 2.24) is 0 Å². The molecule has 3 rings (SSSR count). The van der Waals surface area contributed by atoms with Crippen LogP contribution in [-0.4, -0.2) is 11.2 Å². The third kappa shape index (κ3) is 0.799. The Morgan fingerprint density at radius 3 is 2.33 bits per heavy atom. The number of fused-ring (bicyclic) bond motifs is 2. The summed E-state index contributed by atoms with van der Waals surface area (Å²) >= 11 is 0. The van der Waals surface area contributed by atoms with Gasteiger partial charge in [-0.1, -0.05) is 12.2 Å². The van der Waals surface area contributed by atoms with Crippen molar-refractivity contribution in [2.75, 3.05) is 0 Å². The van der Waals surface area contributed by atoms with Crippen molar-refractivity contribution in [3.63, 3.8) is 0 Å². The van der Waals surface area contributed by atoms with E-state index in [1.165, 1.54) is 12.8 Å². The molecule has 50 valence electrons. The van der Waals surface area contributed by atoms with Crippen molar-refractivity contribution in [3.8, 4) is 0 Å². The highest BCUT2D eigenvalue weighted by Gasteiger charge is 2.29. The van der Waals surface area contributed by atoms with E-state index < -0.39 is 0 Å². The third-order valence-corrected chi connectivity index (χ3v) is 2.54. The lowest BCUT2D eigenvalue weighted by Crippen LogP contribution is -2.31. The molecule has 0 aliphatic heterocycles. The molecule has 1 saturated carbocycles. The molecule has 1 fully saturated rings. The van der Waals surface area contributed by atoms with Gasteiger partial charge in [0.25, 0.3) is 0 Å². The first-order chi connectivity index (χ1) is 4.36. The Balaban J connectivity index is 2.20. The maximum Gasteiger partial charge on any atom is 0.0608 e. The van der Waals surface area contributed by atoms with E-state index in [9.17, 15) is 5.11 Å². The first-order valence-electron chi connectivity index (χ1n) is 3.72. The normalized spacial score (nSPS) is 47.9.